The molecule has 6 nitrogen and oxygen atoms in total. The first kappa shape index (κ1) is 19.3. The van der Waals surface area contributed by atoms with Crippen LogP contribution in [0.2, 0.25) is 0 Å². The molecule has 152 valence electrons. The van der Waals surface area contributed by atoms with Crippen molar-refractivity contribution in [2.24, 2.45) is 0 Å². The number of hydrogen-bond acceptors (Lipinski definition) is 3. The largest absolute Gasteiger partial charge is 0.326 e. The van der Waals surface area contributed by atoms with E-state index in [1.165, 1.54) is 4.57 Å². The molecule has 29 heavy (non-hydrogen) atoms. The highest BCUT2D eigenvalue weighted by atomic mass is 19.3. The Morgan fingerprint density at radius 1 is 1.21 bits per heavy atom. The van der Waals surface area contributed by atoms with Gasteiger partial charge in [0.1, 0.15) is 0 Å². The third-order valence-corrected chi connectivity index (χ3v) is 5.38. The van der Waals surface area contributed by atoms with Crippen LogP contribution in [0.15, 0.2) is 47.4 Å². The topological polar surface area (TPSA) is 68.9 Å². The molecule has 1 saturated carbocycles. The van der Waals surface area contributed by atoms with E-state index in [4.69, 9.17) is 0 Å². The van der Waals surface area contributed by atoms with E-state index in [2.05, 4.69) is 10.4 Å². The summed E-state index contributed by atoms with van der Waals surface area (Å²) in [5, 5.41) is 7.51. The molecule has 2 heterocycles. The molecule has 0 radical (unpaired) electrons. The van der Waals surface area contributed by atoms with Crippen molar-refractivity contribution in [2.45, 2.75) is 51.1 Å². The number of carbonyl (C=O) groups is 1. The molecule has 0 aliphatic heterocycles. The smallest absolute Gasteiger partial charge is 0.264 e. The standard InChI is InChI=1S/C21H22F2N4O2/c22-20(23)16-12-19(29)26(11-10-18(28)24-14-6-2-1-3-7-14)21-17(16)13-27(25-21)15-8-4-5-9-15/h1-3,6-7,12-13,15,20H,4-5,8-11H2,(H,24,28). The van der Waals surface area contributed by atoms with Crippen LogP contribution < -0.4 is 10.9 Å². The lowest BCUT2D eigenvalue weighted by Crippen LogP contribution is -2.24. The number of para-hydroxylation sites is 1. The minimum absolute atomic E-state index is 0.0359. The second kappa shape index (κ2) is 8.14. The number of nitrogens with zero attached hydrogens (tertiary/aromatic N) is 3. The third kappa shape index (κ3) is 4.06. The fourth-order valence-corrected chi connectivity index (χ4v) is 3.89. The molecule has 1 aromatic carbocycles. The van der Waals surface area contributed by atoms with Gasteiger partial charge in [-0.15, -0.1) is 0 Å². The van der Waals surface area contributed by atoms with Crippen LogP contribution >= 0.6 is 0 Å². The summed E-state index contributed by atoms with van der Waals surface area (Å²) < 4.78 is 30.0. The van der Waals surface area contributed by atoms with Crippen LogP contribution in [0.5, 0.6) is 0 Å². The van der Waals surface area contributed by atoms with E-state index in [-0.39, 0.29) is 41.5 Å². The quantitative estimate of drug-likeness (QED) is 0.672. The molecular weight excluding hydrogens is 378 g/mol. The average molecular weight is 400 g/mol. The number of aromatic nitrogens is 3. The van der Waals surface area contributed by atoms with Gasteiger partial charge in [0.2, 0.25) is 5.91 Å². The van der Waals surface area contributed by atoms with Crippen LogP contribution in [0.25, 0.3) is 11.0 Å². The molecule has 4 rings (SSSR count). The van der Waals surface area contributed by atoms with Gasteiger partial charge in [-0.2, -0.15) is 5.10 Å². The maximum absolute atomic E-state index is 13.5. The van der Waals surface area contributed by atoms with Gasteiger partial charge in [-0.1, -0.05) is 31.0 Å². The highest BCUT2D eigenvalue weighted by Crippen LogP contribution is 2.32. The zero-order valence-corrected chi connectivity index (χ0v) is 15.9. The monoisotopic (exact) mass is 400 g/mol. The third-order valence-electron chi connectivity index (χ3n) is 5.38. The van der Waals surface area contributed by atoms with Crippen molar-refractivity contribution in [1.29, 1.82) is 0 Å². The molecule has 1 amide bonds. The first-order valence-corrected chi connectivity index (χ1v) is 9.78. The first-order chi connectivity index (χ1) is 14.0. The lowest BCUT2D eigenvalue weighted by Gasteiger charge is -2.10. The number of benzene rings is 1. The van der Waals surface area contributed by atoms with Gasteiger partial charge >= 0.3 is 0 Å². The number of aryl methyl sites for hydroxylation is 1. The Balaban J connectivity index is 1.62. The Hall–Kier alpha value is -3.03. The van der Waals surface area contributed by atoms with Crippen molar-refractivity contribution < 1.29 is 13.6 Å². The van der Waals surface area contributed by atoms with Crippen LogP contribution in [0.1, 0.15) is 50.1 Å². The Morgan fingerprint density at radius 3 is 2.62 bits per heavy atom. The summed E-state index contributed by atoms with van der Waals surface area (Å²) in [6, 6.07) is 10.1. The number of pyridine rings is 1. The van der Waals surface area contributed by atoms with Crippen molar-refractivity contribution >= 4 is 22.6 Å². The fraction of sp³-hybridized carbons (Fsp3) is 0.381. The molecule has 3 aromatic rings. The maximum Gasteiger partial charge on any atom is 0.264 e. The number of fused-ring (bicyclic) bond motifs is 1. The zero-order valence-electron chi connectivity index (χ0n) is 15.9. The Labute approximate surface area is 166 Å². The van der Waals surface area contributed by atoms with E-state index >= 15 is 0 Å². The predicted octanol–water partition coefficient (Wildman–Crippen LogP) is 4.28. The SMILES string of the molecule is O=C(CCn1c(=O)cc(C(F)F)c2cn(C3CCCC3)nc21)Nc1ccccc1. The summed E-state index contributed by atoms with van der Waals surface area (Å²) in [6.45, 7) is 0.0686. The molecule has 1 fully saturated rings. The van der Waals surface area contributed by atoms with Gasteiger partial charge in [-0.25, -0.2) is 8.78 Å². The molecule has 0 unspecified atom stereocenters. The lowest BCUT2D eigenvalue weighted by atomic mass is 10.2. The van der Waals surface area contributed by atoms with Crippen molar-refractivity contribution in [3.8, 4) is 0 Å². The van der Waals surface area contributed by atoms with Gasteiger partial charge in [0.25, 0.3) is 12.0 Å². The Kier molecular flexibility index (Phi) is 5.42. The normalized spacial score (nSPS) is 14.7. The van der Waals surface area contributed by atoms with Gasteiger partial charge in [0.05, 0.1) is 6.04 Å². The number of nitrogens with one attached hydrogen (secondary N) is 1. The van der Waals surface area contributed by atoms with E-state index in [9.17, 15) is 18.4 Å². The average Bonchev–Trinajstić information content (AvgIpc) is 3.37. The fourth-order valence-electron chi connectivity index (χ4n) is 3.89. The number of alkyl halides is 2. The minimum atomic E-state index is -2.76. The van der Waals surface area contributed by atoms with Crippen LogP contribution in [-0.2, 0) is 11.3 Å². The minimum Gasteiger partial charge on any atom is -0.326 e. The van der Waals surface area contributed by atoms with Crippen LogP contribution in [0, 0.1) is 0 Å². The first-order valence-electron chi connectivity index (χ1n) is 9.78. The molecule has 0 bridgehead atoms. The van der Waals surface area contributed by atoms with Crippen molar-refractivity contribution in [1.82, 2.24) is 14.3 Å². The Morgan fingerprint density at radius 2 is 1.93 bits per heavy atom. The van der Waals surface area contributed by atoms with Crippen molar-refractivity contribution in [3.05, 3.63) is 58.5 Å². The lowest BCUT2D eigenvalue weighted by molar-refractivity contribution is -0.116. The van der Waals surface area contributed by atoms with Gasteiger partial charge in [0, 0.05) is 41.9 Å². The van der Waals surface area contributed by atoms with Crippen molar-refractivity contribution in [2.75, 3.05) is 5.32 Å². The summed E-state index contributed by atoms with van der Waals surface area (Å²) in [4.78, 5) is 24.8. The van der Waals surface area contributed by atoms with Crippen LogP contribution in [0.4, 0.5) is 14.5 Å². The van der Waals surface area contributed by atoms with Crippen LogP contribution in [-0.4, -0.2) is 20.3 Å². The van der Waals surface area contributed by atoms with Gasteiger partial charge in [-0.05, 0) is 25.0 Å². The number of halogens is 2. The number of amides is 1. The second-order valence-corrected chi connectivity index (χ2v) is 7.34. The number of hydrogen-bond donors (Lipinski definition) is 1. The van der Waals surface area contributed by atoms with E-state index < -0.39 is 12.0 Å². The number of rotatable bonds is 6. The van der Waals surface area contributed by atoms with E-state index in [1.807, 2.05) is 18.2 Å². The Bertz CT molecular complexity index is 1070. The van der Waals surface area contributed by atoms with E-state index in [1.54, 1.807) is 23.0 Å². The molecule has 0 spiro atoms. The maximum atomic E-state index is 13.5. The molecule has 2 aromatic heterocycles. The number of anilines is 1. The molecule has 8 heteroatoms. The summed E-state index contributed by atoms with van der Waals surface area (Å²) in [6.07, 6.45) is 2.94. The molecular formula is C21H22F2N4O2. The van der Waals surface area contributed by atoms with Gasteiger partial charge in [-0.3, -0.25) is 18.8 Å². The second-order valence-electron chi connectivity index (χ2n) is 7.34. The van der Waals surface area contributed by atoms with Gasteiger partial charge < -0.3 is 5.32 Å². The van der Waals surface area contributed by atoms with Crippen molar-refractivity contribution in [3.63, 3.8) is 0 Å². The number of carbonyl (C=O) groups excluding carboxylic acids is 1. The molecule has 0 atom stereocenters. The highest BCUT2D eigenvalue weighted by molar-refractivity contribution is 5.90. The molecule has 1 N–H and O–H groups in total. The summed E-state index contributed by atoms with van der Waals surface area (Å²) in [5.74, 6) is -0.260. The van der Waals surface area contributed by atoms with Gasteiger partial charge in [0.15, 0.2) is 5.65 Å². The summed E-state index contributed by atoms with van der Waals surface area (Å²) >= 11 is 0. The van der Waals surface area contributed by atoms with E-state index in [0.717, 1.165) is 31.7 Å². The molecule has 0 saturated heterocycles. The predicted molar refractivity (Wildman–Crippen MR) is 106 cm³/mol. The zero-order chi connectivity index (χ0) is 20.4. The summed E-state index contributed by atoms with van der Waals surface area (Å²) in [7, 11) is 0. The summed E-state index contributed by atoms with van der Waals surface area (Å²) in [5.41, 5.74) is -0.00279. The van der Waals surface area contributed by atoms with Crippen LogP contribution in [0.3, 0.4) is 0 Å². The molecule has 1 aliphatic carbocycles. The van der Waals surface area contributed by atoms with E-state index in [0.29, 0.717) is 5.69 Å². The molecule has 1 aliphatic rings. The highest BCUT2D eigenvalue weighted by Gasteiger charge is 2.23.